The fourth-order valence-corrected chi connectivity index (χ4v) is 4.25. The summed E-state index contributed by atoms with van der Waals surface area (Å²) >= 11 is 1.53. The molecule has 0 saturated heterocycles. The Morgan fingerprint density at radius 3 is 1.47 bits per heavy atom. The zero-order valence-corrected chi connectivity index (χ0v) is 28.1. The second-order valence-corrected chi connectivity index (χ2v) is 12.7. The van der Waals surface area contributed by atoms with Gasteiger partial charge < -0.3 is 20.1 Å². The molecule has 4 rings (SSSR count). The molecule has 4 amide bonds. The summed E-state index contributed by atoms with van der Waals surface area (Å²) in [6, 6.07) is 20.9. The van der Waals surface area contributed by atoms with E-state index in [0.29, 0.717) is 28.3 Å². The number of rotatable bonds is 7. The lowest BCUT2D eigenvalue weighted by Crippen LogP contribution is -2.27. The number of anilines is 4. The van der Waals surface area contributed by atoms with Crippen LogP contribution >= 0.6 is 11.8 Å². The molecular formula is C33H39N7O6S. The van der Waals surface area contributed by atoms with Crippen LogP contribution in [0, 0.1) is 0 Å². The molecule has 4 aromatic rings. The zero-order valence-electron chi connectivity index (χ0n) is 27.3. The van der Waals surface area contributed by atoms with Gasteiger partial charge in [0.2, 0.25) is 0 Å². The predicted octanol–water partition coefficient (Wildman–Crippen LogP) is 7.41. The highest BCUT2D eigenvalue weighted by Gasteiger charge is 2.17. The standard InChI is InChI=1S/C19H22N2O3S.C14H17N5O3/c1-19(2,3)24-18(23)21-14-11-9-13(10-12-14)20-17(22)15-7-5-6-8-16(15)25-4;1-14(2,3)22-13(21)17-10-6-4-9(5-7-10)16-12(20)11-8-15-19-18-11/h5-12H,1-4H3,(H,20,22)(H,21,23);4-8H,1-3H3,(H,16,20)(H,17,21)(H,15,18,19). The maximum atomic E-state index is 12.4. The number of benzene rings is 3. The molecule has 0 radical (unpaired) electrons. The maximum Gasteiger partial charge on any atom is 0.412 e. The molecule has 1 aromatic heterocycles. The van der Waals surface area contributed by atoms with E-state index in [-0.39, 0.29) is 17.5 Å². The van der Waals surface area contributed by atoms with E-state index in [1.165, 1.54) is 18.0 Å². The number of carbonyl (C=O) groups excluding carboxylic acids is 4. The highest BCUT2D eigenvalue weighted by molar-refractivity contribution is 7.98. The van der Waals surface area contributed by atoms with Crippen molar-refractivity contribution in [1.29, 1.82) is 0 Å². The first-order chi connectivity index (χ1) is 22.1. The molecule has 1 heterocycles. The molecule has 0 aliphatic rings. The van der Waals surface area contributed by atoms with Gasteiger partial charge >= 0.3 is 12.2 Å². The number of H-pyrrole nitrogens is 1. The Balaban J connectivity index is 0.000000257. The Labute approximate surface area is 277 Å². The Hall–Kier alpha value is -5.37. The molecule has 0 aliphatic heterocycles. The molecule has 0 spiro atoms. The Morgan fingerprint density at radius 1 is 0.638 bits per heavy atom. The maximum absolute atomic E-state index is 12.4. The molecule has 0 bridgehead atoms. The van der Waals surface area contributed by atoms with E-state index < -0.39 is 23.4 Å². The summed E-state index contributed by atoms with van der Waals surface area (Å²) in [5.74, 6) is -0.542. The van der Waals surface area contributed by atoms with E-state index in [0.717, 1.165) is 4.90 Å². The van der Waals surface area contributed by atoms with Crippen LogP contribution < -0.4 is 21.3 Å². The highest BCUT2D eigenvalue weighted by Crippen LogP contribution is 2.22. The molecule has 5 N–H and O–H groups in total. The average Bonchev–Trinajstić information content (AvgIpc) is 3.53. The van der Waals surface area contributed by atoms with Crippen LogP contribution in [0.4, 0.5) is 32.3 Å². The van der Waals surface area contributed by atoms with Crippen LogP contribution in [-0.4, -0.2) is 56.9 Å². The smallest absolute Gasteiger partial charge is 0.412 e. The van der Waals surface area contributed by atoms with Crippen LogP contribution in [0.3, 0.4) is 0 Å². The fraction of sp³-hybridized carbons (Fsp3) is 0.273. The van der Waals surface area contributed by atoms with E-state index in [1.807, 2.05) is 24.5 Å². The van der Waals surface area contributed by atoms with Crippen molar-refractivity contribution < 1.29 is 28.7 Å². The van der Waals surface area contributed by atoms with E-state index in [9.17, 15) is 19.2 Å². The molecular weight excluding hydrogens is 622 g/mol. The minimum Gasteiger partial charge on any atom is -0.444 e. The first-order valence-electron chi connectivity index (χ1n) is 14.4. The molecule has 0 unspecified atom stereocenters. The number of nitrogens with one attached hydrogen (secondary N) is 5. The molecule has 0 atom stereocenters. The van der Waals surface area contributed by atoms with Gasteiger partial charge in [-0.3, -0.25) is 20.2 Å². The second-order valence-electron chi connectivity index (χ2n) is 11.9. The number of aromatic nitrogens is 3. The molecule has 0 saturated carbocycles. The van der Waals surface area contributed by atoms with Crippen LogP contribution in [-0.2, 0) is 9.47 Å². The van der Waals surface area contributed by atoms with Gasteiger partial charge in [0.05, 0.1) is 11.8 Å². The molecule has 0 fully saturated rings. The van der Waals surface area contributed by atoms with E-state index in [1.54, 1.807) is 96.1 Å². The Bertz CT molecular complexity index is 1650. The predicted molar refractivity (Wildman–Crippen MR) is 183 cm³/mol. The van der Waals surface area contributed by atoms with Crippen LogP contribution in [0.5, 0.6) is 0 Å². The number of hydrogen-bond acceptors (Lipinski definition) is 9. The van der Waals surface area contributed by atoms with Gasteiger partial charge in [0, 0.05) is 27.6 Å². The summed E-state index contributed by atoms with van der Waals surface area (Å²) in [6.45, 7) is 10.8. The average molecular weight is 662 g/mol. The van der Waals surface area contributed by atoms with Crippen molar-refractivity contribution in [2.45, 2.75) is 57.6 Å². The van der Waals surface area contributed by atoms with Gasteiger partial charge in [-0.05, 0) is 108 Å². The van der Waals surface area contributed by atoms with E-state index in [4.69, 9.17) is 9.47 Å². The normalized spacial score (nSPS) is 10.9. The van der Waals surface area contributed by atoms with Crippen molar-refractivity contribution in [2.24, 2.45) is 0 Å². The lowest BCUT2D eigenvalue weighted by Gasteiger charge is -2.19. The summed E-state index contributed by atoms with van der Waals surface area (Å²) in [4.78, 5) is 48.5. The van der Waals surface area contributed by atoms with Gasteiger partial charge in [-0.1, -0.05) is 12.1 Å². The molecule has 14 heteroatoms. The number of ether oxygens (including phenoxy) is 2. The van der Waals surface area contributed by atoms with Crippen LogP contribution in [0.25, 0.3) is 0 Å². The SMILES string of the molecule is CC(C)(C)OC(=O)Nc1ccc(NC(=O)c2cn[nH]n2)cc1.CSc1ccccc1C(=O)Nc1ccc(NC(=O)OC(C)(C)C)cc1. The molecule has 3 aromatic carbocycles. The van der Waals surface area contributed by atoms with Gasteiger partial charge in [-0.15, -0.1) is 11.8 Å². The number of hydrogen-bond donors (Lipinski definition) is 5. The van der Waals surface area contributed by atoms with Crippen LogP contribution in [0.2, 0.25) is 0 Å². The second kappa shape index (κ2) is 16.3. The van der Waals surface area contributed by atoms with Gasteiger partial charge in [0.25, 0.3) is 11.8 Å². The van der Waals surface area contributed by atoms with Crippen molar-refractivity contribution >= 4 is 58.5 Å². The van der Waals surface area contributed by atoms with Crippen LogP contribution in [0.15, 0.2) is 83.9 Å². The topological polar surface area (TPSA) is 176 Å². The van der Waals surface area contributed by atoms with Crippen molar-refractivity contribution in [2.75, 3.05) is 27.5 Å². The van der Waals surface area contributed by atoms with Crippen molar-refractivity contribution in [3.63, 3.8) is 0 Å². The molecule has 248 valence electrons. The van der Waals surface area contributed by atoms with E-state index in [2.05, 4.69) is 36.7 Å². The molecule has 13 nitrogen and oxygen atoms in total. The highest BCUT2D eigenvalue weighted by atomic mass is 32.2. The monoisotopic (exact) mass is 661 g/mol. The molecule has 47 heavy (non-hydrogen) atoms. The van der Waals surface area contributed by atoms with Gasteiger partial charge in [0.1, 0.15) is 11.2 Å². The van der Waals surface area contributed by atoms with Crippen molar-refractivity contribution in [3.8, 4) is 0 Å². The number of aromatic amines is 1. The summed E-state index contributed by atoms with van der Waals surface area (Å²) in [5.41, 5.74) is 2.09. The summed E-state index contributed by atoms with van der Waals surface area (Å²) < 4.78 is 10.3. The van der Waals surface area contributed by atoms with Gasteiger partial charge in [-0.2, -0.15) is 15.4 Å². The first-order valence-corrected chi connectivity index (χ1v) is 15.7. The summed E-state index contributed by atoms with van der Waals surface area (Å²) in [5, 5.41) is 20.4. The first kappa shape index (κ1) is 36.1. The minimum atomic E-state index is -0.560. The van der Waals surface area contributed by atoms with Crippen molar-refractivity contribution in [1.82, 2.24) is 15.4 Å². The largest absolute Gasteiger partial charge is 0.444 e. The number of carbonyl (C=O) groups is 4. The summed E-state index contributed by atoms with van der Waals surface area (Å²) in [6.07, 6.45) is 2.21. The van der Waals surface area contributed by atoms with E-state index >= 15 is 0 Å². The quantitative estimate of drug-likeness (QED) is 0.126. The third-order valence-corrected chi connectivity index (χ3v) is 6.37. The lowest BCUT2D eigenvalue weighted by atomic mass is 10.2. The minimum absolute atomic E-state index is 0.169. The van der Waals surface area contributed by atoms with Gasteiger partial charge in [-0.25, -0.2) is 9.59 Å². The third kappa shape index (κ3) is 12.9. The fourth-order valence-electron chi connectivity index (χ4n) is 3.65. The summed E-state index contributed by atoms with van der Waals surface area (Å²) in [7, 11) is 0. The zero-order chi connectivity index (χ0) is 34.6. The lowest BCUT2D eigenvalue weighted by molar-refractivity contribution is 0.0624. The number of amides is 4. The Morgan fingerprint density at radius 2 is 1.06 bits per heavy atom. The van der Waals surface area contributed by atoms with Crippen LogP contribution in [0.1, 0.15) is 62.4 Å². The third-order valence-electron chi connectivity index (χ3n) is 5.58. The van der Waals surface area contributed by atoms with Crippen molar-refractivity contribution in [3.05, 3.63) is 90.3 Å². The van der Waals surface area contributed by atoms with Gasteiger partial charge in [0.15, 0.2) is 5.69 Å². The Kier molecular flexibility index (Phi) is 12.5. The molecule has 0 aliphatic carbocycles. The number of thioether (sulfide) groups is 1. The number of nitrogens with zero attached hydrogens (tertiary/aromatic N) is 2.